The average Bonchev–Trinajstić information content (AvgIpc) is 2.67. The lowest BCUT2D eigenvalue weighted by molar-refractivity contribution is 0.546. The van der Waals surface area contributed by atoms with Gasteiger partial charge in [-0.15, -0.1) is 0 Å². The van der Waals surface area contributed by atoms with Gasteiger partial charge in [-0.25, -0.2) is 4.98 Å². The molecule has 1 fully saturated rings. The summed E-state index contributed by atoms with van der Waals surface area (Å²) in [5.41, 5.74) is 5.56. The standard InChI is InChI=1S/C11H15Cl2N3/c12-9-5-10(13)11(15-6-9)16-4-2-8(7-16)1-3-14/h5-6,8H,1-4,7,14H2. The van der Waals surface area contributed by atoms with Crippen LogP contribution in [0.15, 0.2) is 12.3 Å². The molecule has 88 valence electrons. The lowest BCUT2D eigenvalue weighted by Gasteiger charge is -2.18. The summed E-state index contributed by atoms with van der Waals surface area (Å²) in [7, 11) is 0. The van der Waals surface area contributed by atoms with Gasteiger partial charge >= 0.3 is 0 Å². The SMILES string of the molecule is NCCC1CCN(c2ncc(Cl)cc2Cl)C1. The van der Waals surface area contributed by atoms with E-state index in [9.17, 15) is 0 Å². The molecule has 2 N–H and O–H groups in total. The second-order valence-corrected chi connectivity index (χ2v) is 4.98. The van der Waals surface area contributed by atoms with Gasteiger partial charge in [-0.2, -0.15) is 0 Å². The Hall–Kier alpha value is -0.510. The number of hydrogen-bond acceptors (Lipinski definition) is 3. The molecule has 0 spiro atoms. The molecule has 1 aliphatic rings. The van der Waals surface area contributed by atoms with E-state index in [2.05, 4.69) is 9.88 Å². The summed E-state index contributed by atoms with van der Waals surface area (Å²) in [4.78, 5) is 6.49. The molecule has 16 heavy (non-hydrogen) atoms. The van der Waals surface area contributed by atoms with Crippen LogP contribution >= 0.6 is 23.2 Å². The third kappa shape index (κ3) is 2.59. The molecule has 1 aliphatic heterocycles. The molecule has 0 aliphatic carbocycles. The smallest absolute Gasteiger partial charge is 0.147 e. The van der Waals surface area contributed by atoms with Gasteiger partial charge in [0.05, 0.1) is 10.0 Å². The maximum absolute atomic E-state index is 6.12. The van der Waals surface area contributed by atoms with Gasteiger partial charge < -0.3 is 10.6 Å². The molecule has 5 heteroatoms. The minimum absolute atomic E-state index is 0.575. The first-order valence-electron chi connectivity index (χ1n) is 5.46. The van der Waals surface area contributed by atoms with Crippen LogP contribution in [0, 0.1) is 5.92 Å². The van der Waals surface area contributed by atoms with E-state index in [-0.39, 0.29) is 0 Å². The largest absolute Gasteiger partial charge is 0.355 e. The van der Waals surface area contributed by atoms with Crippen molar-refractivity contribution in [3.8, 4) is 0 Å². The van der Waals surface area contributed by atoms with E-state index in [4.69, 9.17) is 28.9 Å². The summed E-state index contributed by atoms with van der Waals surface area (Å²) in [6, 6.07) is 1.74. The fraction of sp³-hybridized carbons (Fsp3) is 0.545. The molecule has 0 aromatic carbocycles. The predicted molar refractivity (Wildman–Crippen MR) is 68.2 cm³/mol. The zero-order valence-electron chi connectivity index (χ0n) is 9.00. The van der Waals surface area contributed by atoms with E-state index in [0.717, 1.165) is 38.3 Å². The maximum Gasteiger partial charge on any atom is 0.147 e. The van der Waals surface area contributed by atoms with Crippen LogP contribution in [0.5, 0.6) is 0 Å². The number of anilines is 1. The Morgan fingerprint density at radius 3 is 3.00 bits per heavy atom. The van der Waals surface area contributed by atoms with Crippen molar-refractivity contribution in [2.75, 3.05) is 24.5 Å². The fourth-order valence-corrected chi connectivity index (χ4v) is 2.64. The van der Waals surface area contributed by atoms with Crippen LogP contribution in [-0.2, 0) is 0 Å². The first-order valence-corrected chi connectivity index (χ1v) is 6.22. The Morgan fingerprint density at radius 2 is 2.31 bits per heavy atom. The second kappa shape index (κ2) is 5.21. The van der Waals surface area contributed by atoms with Crippen molar-refractivity contribution in [3.63, 3.8) is 0 Å². The summed E-state index contributed by atoms with van der Waals surface area (Å²) in [5, 5.41) is 1.20. The molecule has 2 rings (SSSR count). The molecule has 1 aromatic rings. The third-order valence-electron chi connectivity index (χ3n) is 2.95. The van der Waals surface area contributed by atoms with Gasteiger partial charge in [-0.1, -0.05) is 23.2 Å². The van der Waals surface area contributed by atoms with Gasteiger partial charge in [0.2, 0.25) is 0 Å². The molecule has 1 saturated heterocycles. The van der Waals surface area contributed by atoms with Gasteiger partial charge in [0.25, 0.3) is 0 Å². The zero-order valence-corrected chi connectivity index (χ0v) is 10.5. The molecular formula is C11H15Cl2N3. The van der Waals surface area contributed by atoms with Crippen LogP contribution < -0.4 is 10.6 Å². The minimum Gasteiger partial charge on any atom is -0.355 e. The lowest BCUT2D eigenvalue weighted by Crippen LogP contribution is -2.21. The van der Waals surface area contributed by atoms with Crippen LogP contribution in [0.25, 0.3) is 0 Å². The van der Waals surface area contributed by atoms with Crippen LogP contribution in [0.1, 0.15) is 12.8 Å². The average molecular weight is 260 g/mol. The van der Waals surface area contributed by atoms with Gasteiger partial charge in [0, 0.05) is 19.3 Å². The highest BCUT2D eigenvalue weighted by molar-refractivity contribution is 6.36. The maximum atomic E-state index is 6.12. The highest BCUT2D eigenvalue weighted by atomic mass is 35.5. The van der Waals surface area contributed by atoms with Crippen molar-refractivity contribution >= 4 is 29.0 Å². The first kappa shape index (κ1) is 12.0. The van der Waals surface area contributed by atoms with Crippen LogP contribution in [0.2, 0.25) is 10.0 Å². The Balaban J connectivity index is 2.08. The minimum atomic E-state index is 0.575. The van der Waals surface area contributed by atoms with Gasteiger partial charge in [0.15, 0.2) is 0 Å². The normalized spacial score (nSPS) is 20.4. The summed E-state index contributed by atoms with van der Waals surface area (Å²) in [5.74, 6) is 1.50. The fourth-order valence-electron chi connectivity index (χ4n) is 2.14. The Bertz CT molecular complexity index is 370. The predicted octanol–water partition coefficient (Wildman–Crippen LogP) is 2.56. The van der Waals surface area contributed by atoms with Crippen molar-refractivity contribution in [3.05, 3.63) is 22.3 Å². The van der Waals surface area contributed by atoms with E-state index in [0.29, 0.717) is 16.0 Å². The number of hydrogen-bond donors (Lipinski definition) is 1. The Kier molecular flexibility index (Phi) is 3.90. The number of nitrogens with zero attached hydrogens (tertiary/aromatic N) is 2. The highest BCUT2D eigenvalue weighted by Crippen LogP contribution is 2.30. The highest BCUT2D eigenvalue weighted by Gasteiger charge is 2.24. The molecule has 3 nitrogen and oxygen atoms in total. The molecule has 1 aromatic heterocycles. The molecular weight excluding hydrogens is 245 g/mol. The second-order valence-electron chi connectivity index (χ2n) is 4.14. The van der Waals surface area contributed by atoms with E-state index >= 15 is 0 Å². The zero-order chi connectivity index (χ0) is 11.5. The summed E-state index contributed by atoms with van der Waals surface area (Å²) < 4.78 is 0. The van der Waals surface area contributed by atoms with E-state index in [1.54, 1.807) is 12.3 Å². The number of rotatable bonds is 3. The molecule has 0 radical (unpaired) electrons. The topological polar surface area (TPSA) is 42.1 Å². The number of pyridine rings is 1. The quantitative estimate of drug-likeness (QED) is 0.908. The van der Waals surface area contributed by atoms with Crippen molar-refractivity contribution < 1.29 is 0 Å². The number of halogens is 2. The third-order valence-corrected chi connectivity index (χ3v) is 3.43. The van der Waals surface area contributed by atoms with Crippen molar-refractivity contribution in [2.45, 2.75) is 12.8 Å². The number of aromatic nitrogens is 1. The molecule has 2 heterocycles. The lowest BCUT2D eigenvalue weighted by atomic mass is 10.1. The molecule has 0 amide bonds. The van der Waals surface area contributed by atoms with Crippen LogP contribution in [-0.4, -0.2) is 24.6 Å². The Morgan fingerprint density at radius 1 is 1.50 bits per heavy atom. The van der Waals surface area contributed by atoms with E-state index in [1.165, 1.54) is 0 Å². The van der Waals surface area contributed by atoms with Crippen LogP contribution in [0.4, 0.5) is 5.82 Å². The summed E-state index contributed by atoms with van der Waals surface area (Å²) in [6.45, 7) is 2.74. The van der Waals surface area contributed by atoms with Gasteiger partial charge in [-0.05, 0) is 31.4 Å². The number of nitrogens with two attached hydrogens (primary N) is 1. The molecule has 1 atom stereocenters. The van der Waals surface area contributed by atoms with Crippen LogP contribution in [0.3, 0.4) is 0 Å². The van der Waals surface area contributed by atoms with E-state index < -0.39 is 0 Å². The first-order chi connectivity index (χ1) is 7.70. The van der Waals surface area contributed by atoms with Crippen molar-refractivity contribution in [2.24, 2.45) is 11.7 Å². The monoisotopic (exact) mass is 259 g/mol. The summed E-state index contributed by atoms with van der Waals surface area (Å²) >= 11 is 11.9. The Labute approximate surface area is 106 Å². The molecule has 0 saturated carbocycles. The van der Waals surface area contributed by atoms with Gasteiger partial charge in [-0.3, -0.25) is 0 Å². The summed E-state index contributed by atoms with van der Waals surface area (Å²) in [6.07, 6.45) is 3.87. The molecule has 1 unspecified atom stereocenters. The van der Waals surface area contributed by atoms with E-state index in [1.807, 2.05) is 0 Å². The van der Waals surface area contributed by atoms with Gasteiger partial charge in [0.1, 0.15) is 5.82 Å². The van der Waals surface area contributed by atoms with Crippen molar-refractivity contribution in [1.29, 1.82) is 0 Å². The molecule has 0 bridgehead atoms. The van der Waals surface area contributed by atoms with Crippen molar-refractivity contribution in [1.82, 2.24) is 4.98 Å².